The van der Waals surface area contributed by atoms with Crippen LogP contribution in [0.5, 0.6) is 0 Å². The number of nitrogens with one attached hydrogen (secondary N) is 1. The number of carbonyl (C=O) groups is 1. The number of carbonyl (C=O) groups excluding carboxylic acids is 1. The van der Waals surface area contributed by atoms with Crippen molar-refractivity contribution in [3.8, 4) is 16.5 Å². The summed E-state index contributed by atoms with van der Waals surface area (Å²) in [5, 5.41) is 15.9. The lowest BCUT2D eigenvalue weighted by Crippen LogP contribution is -2.27. The second-order valence-electron chi connectivity index (χ2n) is 6.06. The van der Waals surface area contributed by atoms with Crippen molar-refractivity contribution in [2.24, 2.45) is 0 Å². The fourth-order valence-corrected chi connectivity index (χ4v) is 4.57. The first-order valence-corrected chi connectivity index (χ1v) is 10.2. The maximum atomic E-state index is 12.9. The van der Waals surface area contributed by atoms with Crippen LogP contribution in [0.15, 0.2) is 58.3 Å². The maximum absolute atomic E-state index is 12.9. The van der Waals surface area contributed by atoms with Crippen LogP contribution in [0.25, 0.3) is 20.7 Å². The van der Waals surface area contributed by atoms with E-state index < -0.39 is 0 Å². The molecule has 0 aliphatic rings. The number of fused-ring (bicyclic) bond motifs is 1. The van der Waals surface area contributed by atoms with E-state index in [0.717, 1.165) is 16.0 Å². The van der Waals surface area contributed by atoms with Crippen LogP contribution in [0.2, 0.25) is 0 Å². The quantitative estimate of drug-likeness (QED) is 0.545. The van der Waals surface area contributed by atoms with Gasteiger partial charge in [-0.15, -0.1) is 22.7 Å². The molecule has 4 aromatic rings. The van der Waals surface area contributed by atoms with Crippen LogP contribution >= 0.6 is 22.7 Å². The second kappa shape index (κ2) is 7.76. The zero-order valence-corrected chi connectivity index (χ0v) is 16.2. The number of hydrogen-bond donors (Lipinski definition) is 1. The van der Waals surface area contributed by atoms with Gasteiger partial charge in [0, 0.05) is 21.5 Å². The Labute approximate surface area is 168 Å². The Kier molecular flexibility index (Phi) is 5.02. The van der Waals surface area contributed by atoms with E-state index in [9.17, 15) is 9.59 Å². The molecule has 1 N–H and O–H groups in total. The summed E-state index contributed by atoms with van der Waals surface area (Å²) in [4.78, 5) is 31.3. The van der Waals surface area contributed by atoms with E-state index >= 15 is 0 Å². The Morgan fingerprint density at radius 3 is 2.75 bits per heavy atom. The average molecular weight is 406 g/mol. The number of anilines is 1. The summed E-state index contributed by atoms with van der Waals surface area (Å²) in [6.45, 7) is -0.124. The Hall–Kier alpha value is -3.28. The third-order valence-corrected chi connectivity index (χ3v) is 5.97. The van der Waals surface area contributed by atoms with Gasteiger partial charge in [-0.3, -0.25) is 14.2 Å². The van der Waals surface area contributed by atoms with Crippen molar-refractivity contribution < 1.29 is 4.79 Å². The van der Waals surface area contributed by atoms with Gasteiger partial charge in [-0.1, -0.05) is 18.2 Å². The second-order valence-corrected chi connectivity index (χ2v) is 7.87. The first kappa shape index (κ1) is 18.1. The van der Waals surface area contributed by atoms with E-state index in [1.54, 1.807) is 35.6 Å². The number of hydrogen-bond acceptors (Lipinski definition) is 6. The van der Waals surface area contributed by atoms with Crippen molar-refractivity contribution >= 4 is 44.5 Å². The van der Waals surface area contributed by atoms with Gasteiger partial charge < -0.3 is 5.32 Å². The van der Waals surface area contributed by atoms with Crippen LogP contribution in [0.1, 0.15) is 5.56 Å². The molecule has 138 valence electrons. The normalized spacial score (nSPS) is 10.7. The zero-order valence-electron chi connectivity index (χ0n) is 14.6. The summed E-state index contributed by atoms with van der Waals surface area (Å²) in [5.41, 5.74) is 2.12. The minimum Gasteiger partial charge on any atom is -0.325 e. The van der Waals surface area contributed by atoms with Gasteiger partial charge in [0.05, 0.1) is 24.2 Å². The SMILES string of the molecule is N#CCc1ccc(NC(=O)Cn2cnc3scc(-c4cccs4)c3c2=O)cc1. The predicted octanol–water partition coefficient (Wildman–Crippen LogP) is 3.89. The van der Waals surface area contributed by atoms with Gasteiger partial charge in [0.2, 0.25) is 5.91 Å². The highest BCUT2D eigenvalue weighted by Crippen LogP contribution is 2.33. The topological polar surface area (TPSA) is 87.8 Å². The fourth-order valence-electron chi connectivity index (χ4n) is 2.85. The molecular weight excluding hydrogens is 392 g/mol. The largest absolute Gasteiger partial charge is 0.325 e. The van der Waals surface area contributed by atoms with Crippen molar-refractivity contribution in [2.45, 2.75) is 13.0 Å². The molecule has 0 fully saturated rings. The van der Waals surface area contributed by atoms with E-state index in [0.29, 0.717) is 22.3 Å². The number of aromatic nitrogens is 2. The van der Waals surface area contributed by atoms with Crippen LogP contribution in [0, 0.1) is 11.3 Å². The summed E-state index contributed by atoms with van der Waals surface area (Å²) in [6, 6.07) is 13.0. The summed E-state index contributed by atoms with van der Waals surface area (Å²) in [7, 11) is 0. The lowest BCUT2D eigenvalue weighted by molar-refractivity contribution is -0.116. The van der Waals surface area contributed by atoms with Gasteiger partial charge >= 0.3 is 0 Å². The highest BCUT2D eigenvalue weighted by atomic mass is 32.1. The molecule has 6 nitrogen and oxygen atoms in total. The third kappa shape index (κ3) is 3.58. The Bertz CT molecular complexity index is 1230. The zero-order chi connectivity index (χ0) is 19.5. The first-order chi connectivity index (χ1) is 13.7. The molecule has 3 heterocycles. The molecule has 0 aliphatic heterocycles. The maximum Gasteiger partial charge on any atom is 0.263 e. The van der Waals surface area contributed by atoms with Crippen LogP contribution < -0.4 is 10.9 Å². The van der Waals surface area contributed by atoms with Crippen LogP contribution in [0.3, 0.4) is 0 Å². The molecule has 3 aromatic heterocycles. The smallest absolute Gasteiger partial charge is 0.263 e. The van der Waals surface area contributed by atoms with E-state index in [2.05, 4.69) is 16.4 Å². The Morgan fingerprint density at radius 1 is 1.21 bits per heavy atom. The molecule has 1 aromatic carbocycles. The average Bonchev–Trinajstić information content (AvgIpc) is 3.35. The number of nitrogens with zero attached hydrogens (tertiary/aromatic N) is 3. The highest BCUT2D eigenvalue weighted by Gasteiger charge is 2.15. The van der Waals surface area contributed by atoms with Gasteiger partial charge in [-0.05, 0) is 29.1 Å². The van der Waals surface area contributed by atoms with E-state index in [4.69, 9.17) is 5.26 Å². The molecule has 0 saturated carbocycles. The first-order valence-electron chi connectivity index (χ1n) is 8.42. The number of benzene rings is 1. The summed E-state index contributed by atoms with van der Waals surface area (Å²) < 4.78 is 1.32. The molecule has 0 radical (unpaired) electrons. The Balaban J connectivity index is 1.57. The molecule has 28 heavy (non-hydrogen) atoms. The minimum atomic E-state index is -0.316. The number of rotatable bonds is 5. The molecule has 0 atom stereocenters. The number of nitriles is 1. The van der Waals surface area contributed by atoms with Gasteiger partial charge in [-0.2, -0.15) is 5.26 Å². The molecule has 1 amide bonds. The van der Waals surface area contributed by atoms with E-state index in [1.165, 1.54) is 22.2 Å². The molecule has 4 rings (SSSR count). The van der Waals surface area contributed by atoms with Crippen molar-refractivity contribution in [1.29, 1.82) is 5.26 Å². The highest BCUT2D eigenvalue weighted by molar-refractivity contribution is 7.18. The van der Waals surface area contributed by atoms with Crippen LogP contribution in [-0.4, -0.2) is 15.5 Å². The van der Waals surface area contributed by atoms with Crippen LogP contribution in [-0.2, 0) is 17.8 Å². The third-order valence-electron chi connectivity index (χ3n) is 4.18. The van der Waals surface area contributed by atoms with E-state index in [1.807, 2.05) is 22.9 Å². The molecule has 0 aliphatic carbocycles. The summed E-state index contributed by atoms with van der Waals surface area (Å²) in [5.74, 6) is -0.316. The fraction of sp³-hybridized carbons (Fsp3) is 0.100. The lowest BCUT2D eigenvalue weighted by atomic mass is 10.1. The van der Waals surface area contributed by atoms with Gasteiger partial charge in [-0.25, -0.2) is 4.98 Å². The summed E-state index contributed by atoms with van der Waals surface area (Å²) in [6.07, 6.45) is 1.73. The van der Waals surface area contributed by atoms with Gasteiger partial charge in [0.1, 0.15) is 11.4 Å². The van der Waals surface area contributed by atoms with Crippen molar-refractivity contribution in [2.75, 3.05) is 5.32 Å². The van der Waals surface area contributed by atoms with Gasteiger partial charge in [0.15, 0.2) is 0 Å². The standard InChI is InChI=1S/C20H14N4O2S2/c21-8-7-13-3-5-14(6-4-13)23-17(25)10-24-12-22-19-18(20(24)26)15(11-28-19)16-2-1-9-27-16/h1-6,9,11-12H,7,10H2,(H,23,25). The summed E-state index contributed by atoms with van der Waals surface area (Å²) >= 11 is 2.98. The van der Waals surface area contributed by atoms with Crippen molar-refractivity contribution in [1.82, 2.24) is 9.55 Å². The number of thiophene rings is 2. The van der Waals surface area contributed by atoms with Crippen molar-refractivity contribution in [3.05, 3.63) is 69.4 Å². The molecule has 8 heteroatoms. The Morgan fingerprint density at radius 2 is 2.04 bits per heavy atom. The molecule has 0 bridgehead atoms. The minimum absolute atomic E-state index is 0.124. The molecule has 0 spiro atoms. The lowest BCUT2D eigenvalue weighted by Gasteiger charge is -2.08. The molecule has 0 saturated heterocycles. The van der Waals surface area contributed by atoms with Crippen LogP contribution in [0.4, 0.5) is 5.69 Å². The predicted molar refractivity (Wildman–Crippen MR) is 112 cm³/mol. The number of amides is 1. The van der Waals surface area contributed by atoms with Gasteiger partial charge in [0.25, 0.3) is 5.56 Å². The van der Waals surface area contributed by atoms with E-state index in [-0.39, 0.29) is 18.0 Å². The van der Waals surface area contributed by atoms with Crippen molar-refractivity contribution in [3.63, 3.8) is 0 Å². The molecule has 0 unspecified atom stereocenters. The monoisotopic (exact) mass is 406 g/mol. The molecular formula is C20H14N4O2S2.